The van der Waals surface area contributed by atoms with E-state index in [1.807, 2.05) is 0 Å². The highest BCUT2D eigenvalue weighted by Gasteiger charge is 2.38. The Kier molecular flexibility index (Phi) is 8.22. The lowest BCUT2D eigenvalue weighted by Gasteiger charge is -2.45. The summed E-state index contributed by atoms with van der Waals surface area (Å²) >= 11 is 0. The minimum Gasteiger partial charge on any atom is -0.0654 e. The molecule has 0 heterocycles. The van der Waals surface area contributed by atoms with Gasteiger partial charge in [0.15, 0.2) is 0 Å². The summed E-state index contributed by atoms with van der Waals surface area (Å²) in [6, 6.07) is 0. The monoisotopic (exact) mass is 280 g/mol. The van der Waals surface area contributed by atoms with Crippen LogP contribution in [-0.4, -0.2) is 0 Å². The largest absolute Gasteiger partial charge is 0.0654 e. The molecule has 1 aliphatic rings. The molecule has 6 atom stereocenters. The first kappa shape index (κ1) is 18.1. The standard InChI is InChI=1S/C20H40/c1-7-11-15(5)19(10-4)20-14-18(12-8-2)16(6)13-17(20)9-3/h15-20H,7-14H2,1-6H3. The van der Waals surface area contributed by atoms with Crippen molar-refractivity contribution >= 4 is 0 Å². The minimum atomic E-state index is 0.930. The summed E-state index contributed by atoms with van der Waals surface area (Å²) in [6.07, 6.45) is 11.5. The molecule has 1 rings (SSSR count). The molecule has 0 spiro atoms. The average molecular weight is 281 g/mol. The summed E-state index contributed by atoms with van der Waals surface area (Å²) in [7, 11) is 0. The second kappa shape index (κ2) is 9.11. The van der Waals surface area contributed by atoms with Crippen molar-refractivity contribution in [3.05, 3.63) is 0 Å². The van der Waals surface area contributed by atoms with Gasteiger partial charge in [0.25, 0.3) is 0 Å². The first-order valence-corrected chi connectivity index (χ1v) is 9.58. The van der Waals surface area contributed by atoms with Crippen LogP contribution in [0.4, 0.5) is 0 Å². The van der Waals surface area contributed by atoms with E-state index in [4.69, 9.17) is 0 Å². The van der Waals surface area contributed by atoms with E-state index in [0.717, 1.165) is 35.5 Å². The molecular weight excluding hydrogens is 240 g/mol. The van der Waals surface area contributed by atoms with E-state index >= 15 is 0 Å². The van der Waals surface area contributed by atoms with Gasteiger partial charge < -0.3 is 0 Å². The Morgan fingerprint density at radius 1 is 0.950 bits per heavy atom. The lowest BCUT2D eigenvalue weighted by molar-refractivity contribution is 0.0460. The Hall–Kier alpha value is 0. The smallest absolute Gasteiger partial charge is 0.0352 e. The van der Waals surface area contributed by atoms with Gasteiger partial charge in [-0.1, -0.05) is 80.1 Å². The van der Waals surface area contributed by atoms with E-state index in [2.05, 4.69) is 41.5 Å². The third-order valence-electron chi connectivity index (χ3n) is 6.34. The first-order chi connectivity index (χ1) is 9.58. The summed E-state index contributed by atoms with van der Waals surface area (Å²) in [5.74, 6) is 5.90. The lowest BCUT2D eigenvalue weighted by atomic mass is 9.60. The van der Waals surface area contributed by atoms with Gasteiger partial charge in [-0.25, -0.2) is 0 Å². The SMILES string of the molecule is CCCC(C)C(CC)C1CC(CCC)C(C)CC1CC. The fourth-order valence-corrected chi connectivity index (χ4v) is 5.18. The number of hydrogen-bond acceptors (Lipinski definition) is 0. The summed E-state index contributed by atoms with van der Waals surface area (Å²) in [6.45, 7) is 14.6. The van der Waals surface area contributed by atoms with Crippen LogP contribution in [0.5, 0.6) is 0 Å². The highest BCUT2D eigenvalue weighted by atomic mass is 14.4. The van der Waals surface area contributed by atoms with Crippen molar-refractivity contribution in [1.29, 1.82) is 0 Å². The van der Waals surface area contributed by atoms with Crippen LogP contribution in [0.25, 0.3) is 0 Å². The third kappa shape index (κ3) is 4.50. The molecule has 0 saturated heterocycles. The molecule has 0 aromatic carbocycles. The Morgan fingerprint density at radius 2 is 1.65 bits per heavy atom. The molecule has 1 fully saturated rings. The zero-order chi connectivity index (χ0) is 15.1. The van der Waals surface area contributed by atoms with Crippen molar-refractivity contribution in [2.24, 2.45) is 35.5 Å². The van der Waals surface area contributed by atoms with Gasteiger partial charge in [0.2, 0.25) is 0 Å². The van der Waals surface area contributed by atoms with E-state index in [0.29, 0.717) is 0 Å². The topological polar surface area (TPSA) is 0 Å². The van der Waals surface area contributed by atoms with Gasteiger partial charge >= 0.3 is 0 Å². The van der Waals surface area contributed by atoms with Gasteiger partial charge in [-0.15, -0.1) is 0 Å². The first-order valence-electron chi connectivity index (χ1n) is 9.58. The van der Waals surface area contributed by atoms with Crippen molar-refractivity contribution in [2.75, 3.05) is 0 Å². The van der Waals surface area contributed by atoms with Crippen LogP contribution in [0.3, 0.4) is 0 Å². The zero-order valence-corrected chi connectivity index (χ0v) is 15.1. The van der Waals surface area contributed by atoms with E-state index < -0.39 is 0 Å². The quantitative estimate of drug-likeness (QED) is 0.452. The second-order valence-electron chi connectivity index (χ2n) is 7.67. The highest BCUT2D eigenvalue weighted by Crippen LogP contribution is 2.47. The van der Waals surface area contributed by atoms with E-state index in [1.165, 1.54) is 51.4 Å². The number of hydrogen-bond donors (Lipinski definition) is 0. The molecule has 0 bridgehead atoms. The lowest BCUT2D eigenvalue weighted by Crippen LogP contribution is -2.36. The maximum absolute atomic E-state index is 2.53. The molecular formula is C20H40. The summed E-state index contributed by atoms with van der Waals surface area (Å²) in [5.41, 5.74) is 0. The molecule has 0 aromatic rings. The molecule has 0 aromatic heterocycles. The molecule has 0 aliphatic heterocycles. The van der Waals surface area contributed by atoms with Gasteiger partial charge in [0.1, 0.15) is 0 Å². The summed E-state index contributed by atoms with van der Waals surface area (Å²) in [4.78, 5) is 0. The normalized spacial score (nSPS) is 33.9. The minimum absolute atomic E-state index is 0.930. The van der Waals surface area contributed by atoms with Crippen molar-refractivity contribution in [3.63, 3.8) is 0 Å². The molecule has 120 valence electrons. The highest BCUT2D eigenvalue weighted by molar-refractivity contribution is 4.88. The third-order valence-corrected chi connectivity index (χ3v) is 6.34. The molecule has 0 amide bonds. The van der Waals surface area contributed by atoms with Gasteiger partial charge in [-0.05, 0) is 48.3 Å². The van der Waals surface area contributed by atoms with Crippen molar-refractivity contribution in [3.8, 4) is 0 Å². The van der Waals surface area contributed by atoms with Gasteiger partial charge in [-0.3, -0.25) is 0 Å². The maximum atomic E-state index is 2.53. The molecule has 0 radical (unpaired) electrons. The molecule has 1 aliphatic carbocycles. The Labute approximate surface area is 129 Å². The van der Waals surface area contributed by atoms with Crippen LogP contribution in [0, 0.1) is 35.5 Å². The van der Waals surface area contributed by atoms with Crippen LogP contribution in [0.1, 0.15) is 92.9 Å². The fraction of sp³-hybridized carbons (Fsp3) is 1.00. The molecule has 20 heavy (non-hydrogen) atoms. The van der Waals surface area contributed by atoms with Crippen LogP contribution in [0.2, 0.25) is 0 Å². The van der Waals surface area contributed by atoms with Crippen LogP contribution in [0.15, 0.2) is 0 Å². The Balaban J connectivity index is 2.80. The van der Waals surface area contributed by atoms with E-state index in [9.17, 15) is 0 Å². The second-order valence-corrected chi connectivity index (χ2v) is 7.67. The fourth-order valence-electron chi connectivity index (χ4n) is 5.18. The van der Waals surface area contributed by atoms with Gasteiger partial charge in [0, 0.05) is 0 Å². The molecule has 6 unspecified atom stereocenters. The van der Waals surface area contributed by atoms with Gasteiger partial charge in [-0.2, -0.15) is 0 Å². The van der Waals surface area contributed by atoms with Crippen LogP contribution < -0.4 is 0 Å². The van der Waals surface area contributed by atoms with Crippen LogP contribution >= 0.6 is 0 Å². The average Bonchev–Trinajstić information content (AvgIpc) is 2.43. The molecule has 0 nitrogen and oxygen atoms in total. The summed E-state index contributed by atoms with van der Waals surface area (Å²) < 4.78 is 0. The van der Waals surface area contributed by atoms with Gasteiger partial charge in [0.05, 0.1) is 0 Å². The summed E-state index contributed by atoms with van der Waals surface area (Å²) in [5, 5.41) is 0. The predicted octanol–water partition coefficient (Wildman–Crippen LogP) is 6.94. The van der Waals surface area contributed by atoms with Crippen molar-refractivity contribution < 1.29 is 0 Å². The van der Waals surface area contributed by atoms with Crippen molar-refractivity contribution in [2.45, 2.75) is 92.9 Å². The van der Waals surface area contributed by atoms with E-state index in [1.54, 1.807) is 0 Å². The predicted molar refractivity (Wildman–Crippen MR) is 91.9 cm³/mol. The molecule has 1 saturated carbocycles. The molecule has 0 N–H and O–H groups in total. The molecule has 0 heteroatoms. The Morgan fingerprint density at radius 3 is 2.15 bits per heavy atom. The van der Waals surface area contributed by atoms with E-state index in [-0.39, 0.29) is 0 Å². The maximum Gasteiger partial charge on any atom is -0.0352 e. The zero-order valence-electron chi connectivity index (χ0n) is 15.1. The van der Waals surface area contributed by atoms with Crippen LogP contribution in [-0.2, 0) is 0 Å². The number of rotatable bonds is 8. The Bertz CT molecular complexity index is 244. The van der Waals surface area contributed by atoms with Crippen molar-refractivity contribution in [1.82, 2.24) is 0 Å².